The van der Waals surface area contributed by atoms with Gasteiger partial charge >= 0.3 is 11.6 Å². The molecule has 0 unspecified atom stereocenters. The third-order valence-corrected chi connectivity index (χ3v) is 3.52. The van der Waals surface area contributed by atoms with Crippen molar-refractivity contribution in [3.05, 3.63) is 100 Å². The van der Waals surface area contributed by atoms with Crippen LogP contribution < -0.4 is 10.9 Å². The molecular formula is C20H15NO5. The van der Waals surface area contributed by atoms with Gasteiger partial charge in [0.25, 0.3) is 5.91 Å². The highest BCUT2D eigenvalue weighted by Gasteiger charge is 2.11. The first-order valence-corrected chi connectivity index (χ1v) is 7.85. The molecule has 0 aliphatic rings. The Morgan fingerprint density at radius 2 is 1.46 bits per heavy atom. The van der Waals surface area contributed by atoms with Crippen LogP contribution in [-0.2, 0) is 11.3 Å². The summed E-state index contributed by atoms with van der Waals surface area (Å²) < 4.78 is 10.2. The van der Waals surface area contributed by atoms with Crippen molar-refractivity contribution < 1.29 is 18.7 Å². The monoisotopic (exact) mass is 349 g/mol. The number of hydrogen-bond acceptors (Lipinski definition) is 5. The molecule has 1 N–H and O–H groups in total. The van der Waals surface area contributed by atoms with Gasteiger partial charge in [-0.25, -0.2) is 9.59 Å². The molecule has 0 spiro atoms. The first kappa shape index (κ1) is 17.2. The van der Waals surface area contributed by atoms with Crippen LogP contribution in [0, 0.1) is 0 Å². The number of hydrogen-bond donors (Lipinski definition) is 1. The van der Waals surface area contributed by atoms with Crippen LogP contribution in [0.25, 0.3) is 0 Å². The molecule has 6 heteroatoms. The van der Waals surface area contributed by atoms with Gasteiger partial charge in [0.15, 0.2) is 0 Å². The summed E-state index contributed by atoms with van der Waals surface area (Å²) in [5, 5.41) is 2.49. The molecule has 3 aromatic rings. The summed E-state index contributed by atoms with van der Waals surface area (Å²) in [6.45, 7) is -0.185. The summed E-state index contributed by atoms with van der Waals surface area (Å²) in [5.41, 5.74) is 0.119. The lowest BCUT2D eigenvalue weighted by molar-refractivity contribution is 0.0441. The van der Waals surface area contributed by atoms with E-state index in [2.05, 4.69) is 5.32 Å². The summed E-state index contributed by atoms with van der Waals surface area (Å²) >= 11 is 0. The minimum absolute atomic E-state index is 0.0111. The first-order valence-electron chi connectivity index (χ1n) is 7.85. The lowest BCUT2D eigenvalue weighted by Crippen LogP contribution is -2.18. The molecule has 0 radical (unpaired) electrons. The first-order chi connectivity index (χ1) is 12.6. The largest absolute Gasteiger partial charge is 0.454 e. The fourth-order valence-electron chi connectivity index (χ4n) is 2.20. The highest BCUT2D eigenvalue weighted by atomic mass is 16.5. The molecule has 0 aliphatic heterocycles. The molecule has 0 aliphatic carbocycles. The van der Waals surface area contributed by atoms with E-state index in [4.69, 9.17) is 9.15 Å². The summed E-state index contributed by atoms with van der Waals surface area (Å²) in [6.07, 6.45) is 0. The van der Waals surface area contributed by atoms with E-state index in [-0.39, 0.29) is 18.1 Å². The lowest BCUT2D eigenvalue weighted by atomic mass is 10.2. The number of nitrogens with one attached hydrogen (secondary N) is 1. The highest BCUT2D eigenvalue weighted by molar-refractivity contribution is 6.04. The zero-order chi connectivity index (χ0) is 18.4. The smallest absolute Gasteiger partial charge is 0.360 e. The van der Waals surface area contributed by atoms with Gasteiger partial charge < -0.3 is 14.5 Å². The fourth-order valence-corrected chi connectivity index (χ4v) is 2.20. The van der Waals surface area contributed by atoms with E-state index in [0.717, 1.165) is 0 Å². The van der Waals surface area contributed by atoms with Crippen LogP contribution >= 0.6 is 0 Å². The molecule has 0 saturated carbocycles. The van der Waals surface area contributed by atoms with Crippen LogP contribution in [0.3, 0.4) is 0 Å². The van der Waals surface area contributed by atoms with Crippen molar-refractivity contribution in [1.82, 2.24) is 0 Å². The van der Waals surface area contributed by atoms with Gasteiger partial charge in [-0.15, -0.1) is 0 Å². The third kappa shape index (κ3) is 4.24. The van der Waals surface area contributed by atoms with E-state index in [9.17, 15) is 14.4 Å². The van der Waals surface area contributed by atoms with E-state index < -0.39 is 17.5 Å². The van der Waals surface area contributed by atoms with Crippen molar-refractivity contribution in [2.75, 3.05) is 5.32 Å². The Hall–Kier alpha value is -3.67. The van der Waals surface area contributed by atoms with Crippen LogP contribution in [-0.4, -0.2) is 11.9 Å². The SMILES string of the molecule is O=C(Nc1ccc(COC(=O)c2ccccc2)oc1=O)c1ccccc1. The quantitative estimate of drug-likeness (QED) is 0.715. The maximum absolute atomic E-state index is 12.1. The number of benzene rings is 2. The predicted octanol–water partition coefficient (Wildman–Crippen LogP) is 3.25. The molecule has 130 valence electrons. The average molecular weight is 349 g/mol. The second-order valence-corrected chi connectivity index (χ2v) is 5.37. The summed E-state index contributed by atoms with van der Waals surface area (Å²) in [7, 11) is 0. The predicted molar refractivity (Wildman–Crippen MR) is 94.9 cm³/mol. The van der Waals surface area contributed by atoms with Gasteiger partial charge in [-0.2, -0.15) is 0 Å². The molecule has 2 aromatic carbocycles. The number of rotatable bonds is 5. The maximum Gasteiger partial charge on any atom is 0.360 e. The van der Waals surface area contributed by atoms with E-state index in [1.165, 1.54) is 12.1 Å². The van der Waals surface area contributed by atoms with Crippen LogP contribution in [0.2, 0.25) is 0 Å². The Bertz CT molecular complexity index is 964. The lowest BCUT2D eigenvalue weighted by Gasteiger charge is -2.06. The van der Waals surface area contributed by atoms with Crippen molar-refractivity contribution in [1.29, 1.82) is 0 Å². The second kappa shape index (κ2) is 7.94. The molecule has 0 atom stereocenters. The molecule has 1 aromatic heterocycles. The summed E-state index contributed by atoms with van der Waals surface area (Å²) in [4.78, 5) is 35.9. The number of carbonyl (C=O) groups is 2. The minimum atomic E-state index is -0.720. The van der Waals surface area contributed by atoms with Crippen LogP contribution in [0.5, 0.6) is 0 Å². The van der Waals surface area contributed by atoms with Gasteiger partial charge in [0.05, 0.1) is 5.56 Å². The molecule has 6 nitrogen and oxygen atoms in total. The summed E-state index contributed by atoms with van der Waals surface area (Å²) in [6, 6.07) is 19.9. The van der Waals surface area contributed by atoms with Crippen molar-refractivity contribution in [3.8, 4) is 0 Å². The zero-order valence-electron chi connectivity index (χ0n) is 13.7. The van der Waals surface area contributed by atoms with Gasteiger partial charge in [-0.05, 0) is 36.4 Å². The molecule has 0 fully saturated rings. The Balaban J connectivity index is 1.63. The molecule has 0 bridgehead atoms. The standard InChI is InChI=1S/C20H15NO5/c22-18(14-7-3-1-4-8-14)21-17-12-11-16(26-20(17)24)13-25-19(23)15-9-5-2-6-10-15/h1-12H,13H2,(H,21,22). The number of ether oxygens (including phenoxy) is 1. The Labute approximate surface area is 149 Å². The van der Waals surface area contributed by atoms with Crippen molar-refractivity contribution >= 4 is 17.6 Å². The molecule has 0 saturated heterocycles. The van der Waals surface area contributed by atoms with Crippen molar-refractivity contribution in [3.63, 3.8) is 0 Å². The molecular weight excluding hydrogens is 334 g/mol. The molecule has 1 heterocycles. The summed E-state index contributed by atoms with van der Waals surface area (Å²) in [5.74, 6) is -0.757. The second-order valence-electron chi connectivity index (χ2n) is 5.37. The van der Waals surface area contributed by atoms with E-state index in [0.29, 0.717) is 11.1 Å². The number of esters is 1. The minimum Gasteiger partial charge on any atom is -0.454 e. The van der Waals surface area contributed by atoms with Gasteiger partial charge in [-0.3, -0.25) is 4.79 Å². The van der Waals surface area contributed by atoms with Crippen LogP contribution in [0.1, 0.15) is 26.5 Å². The Morgan fingerprint density at radius 3 is 2.08 bits per heavy atom. The van der Waals surface area contributed by atoms with Gasteiger partial charge in [0, 0.05) is 5.56 Å². The van der Waals surface area contributed by atoms with E-state index >= 15 is 0 Å². The van der Waals surface area contributed by atoms with Crippen molar-refractivity contribution in [2.24, 2.45) is 0 Å². The average Bonchev–Trinajstić information content (AvgIpc) is 2.69. The number of anilines is 1. The van der Waals surface area contributed by atoms with Crippen LogP contribution in [0.4, 0.5) is 5.69 Å². The highest BCUT2D eigenvalue weighted by Crippen LogP contribution is 2.09. The maximum atomic E-state index is 12.1. The van der Waals surface area contributed by atoms with Crippen molar-refractivity contribution in [2.45, 2.75) is 6.61 Å². The third-order valence-electron chi connectivity index (χ3n) is 3.52. The van der Waals surface area contributed by atoms with Gasteiger partial charge in [0.2, 0.25) is 0 Å². The van der Waals surface area contributed by atoms with Gasteiger partial charge in [0.1, 0.15) is 18.1 Å². The van der Waals surface area contributed by atoms with Crippen LogP contribution in [0.15, 0.2) is 82.0 Å². The zero-order valence-corrected chi connectivity index (χ0v) is 13.7. The molecule has 1 amide bonds. The number of amides is 1. The van der Waals surface area contributed by atoms with Gasteiger partial charge in [-0.1, -0.05) is 36.4 Å². The molecule has 3 rings (SSSR count). The topological polar surface area (TPSA) is 85.6 Å². The number of carbonyl (C=O) groups excluding carboxylic acids is 2. The van der Waals surface area contributed by atoms with E-state index in [1.807, 2.05) is 0 Å². The Kier molecular flexibility index (Phi) is 5.24. The Morgan fingerprint density at radius 1 is 0.846 bits per heavy atom. The van der Waals surface area contributed by atoms with E-state index in [1.54, 1.807) is 60.7 Å². The normalized spacial score (nSPS) is 10.2. The molecule has 26 heavy (non-hydrogen) atoms. The fraction of sp³-hybridized carbons (Fsp3) is 0.0500.